The normalized spacial score (nSPS) is 17.1. The maximum atomic E-state index is 15.0. The smallest absolute Gasteiger partial charge is 0.343 e. The highest BCUT2D eigenvalue weighted by atomic mass is 19.3. The molecule has 0 aliphatic heterocycles. The van der Waals surface area contributed by atoms with Crippen LogP contribution in [0.4, 0.5) is 48.3 Å². The van der Waals surface area contributed by atoms with Crippen molar-refractivity contribution in [2.45, 2.75) is 82.8 Å². The molecule has 0 aromatic rings. The summed E-state index contributed by atoms with van der Waals surface area (Å²) in [7, 11) is 0. The molecule has 0 aliphatic rings. The van der Waals surface area contributed by atoms with Crippen LogP contribution in [0.3, 0.4) is 0 Å². The molecule has 0 heterocycles. The fraction of sp³-hybridized carbons (Fsp3) is 0.765. The molecule has 0 spiro atoms. The second-order valence-corrected chi connectivity index (χ2v) is 6.66. The molecule has 0 aromatic heterocycles. The average molecular weight is 466 g/mol. The fourth-order valence-electron chi connectivity index (χ4n) is 2.72. The van der Waals surface area contributed by atoms with Gasteiger partial charge in [-0.05, 0) is 26.2 Å². The predicted molar refractivity (Wildman–Crippen MR) is 84.3 cm³/mol. The molecule has 0 saturated heterocycles. The SMILES string of the molecule is CCC(C)(OC(C)(F)C(F)(F)C(CC)(CC)OC(F)=C(F)F)C(F)(F)C(F)=C(F)F. The molecule has 2 unspecified atom stereocenters. The van der Waals surface area contributed by atoms with E-state index in [1.54, 1.807) is 0 Å². The highest BCUT2D eigenvalue weighted by Gasteiger charge is 2.70. The zero-order chi connectivity index (χ0) is 24.3. The minimum absolute atomic E-state index is 0.110. The monoisotopic (exact) mass is 466 g/mol. The molecular weight excluding hydrogens is 445 g/mol. The summed E-state index contributed by atoms with van der Waals surface area (Å²) in [5.74, 6) is -18.2. The van der Waals surface area contributed by atoms with Crippen LogP contribution >= 0.6 is 0 Å². The third-order valence-electron chi connectivity index (χ3n) is 4.91. The van der Waals surface area contributed by atoms with Crippen LogP contribution in [0.15, 0.2) is 24.0 Å². The Labute approximate surface area is 165 Å². The van der Waals surface area contributed by atoms with Crippen LogP contribution < -0.4 is 0 Å². The summed E-state index contributed by atoms with van der Waals surface area (Å²) in [5, 5.41) is 0. The topological polar surface area (TPSA) is 18.5 Å². The summed E-state index contributed by atoms with van der Waals surface area (Å²) in [6, 6.07) is -2.76. The first-order chi connectivity index (χ1) is 13.3. The van der Waals surface area contributed by atoms with E-state index >= 15 is 13.2 Å². The molecule has 0 radical (unpaired) electrons. The zero-order valence-electron chi connectivity index (χ0n) is 16.6. The van der Waals surface area contributed by atoms with E-state index in [1.807, 2.05) is 0 Å². The van der Waals surface area contributed by atoms with Gasteiger partial charge in [0, 0.05) is 6.92 Å². The minimum atomic E-state index is -5.26. The quantitative estimate of drug-likeness (QED) is 0.228. The van der Waals surface area contributed by atoms with Crippen LogP contribution in [0.5, 0.6) is 0 Å². The Morgan fingerprint density at radius 3 is 1.43 bits per heavy atom. The van der Waals surface area contributed by atoms with Gasteiger partial charge in [0.15, 0.2) is 5.60 Å². The van der Waals surface area contributed by atoms with Gasteiger partial charge >= 0.3 is 30.0 Å². The molecular formula is C17H21F11O2. The van der Waals surface area contributed by atoms with E-state index in [9.17, 15) is 35.1 Å². The standard InChI is InChI=1S/C17H21F11O2/c1-6-13(4,16(25,26)9(18)10(19)20)30-14(5,24)17(27,28)15(7-2,8-3)29-12(23)11(21)22/h6-8H2,1-5H3. The van der Waals surface area contributed by atoms with Crippen molar-refractivity contribution in [3.05, 3.63) is 24.0 Å². The molecule has 0 fully saturated rings. The van der Waals surface area contributed by atoms with Crippen molar-refractivity contribution in [1.82, 2.24) is 0 Å². The number of rotatable bonds is 11. The third-order valence-corrected chi connectivity index (χ3v) is 4.91. The van der Waals surface area contributed by atoms with Crippen LogP contribution in [0.2, 0.25) is 0 Å². The maximum absolute atomic E-state index is 15.0. The molecule has 30 heavy (non-hydrogen) atoms. The lowest BCUT2D eigenvalue weighted by Gasteiger charge is -2.47. The van der Waals surface area contributed by atoms with Crippen molar-refractivity contribution < 1.29 is 57.8 Å². The first kappa shape index (κ1) is 28.5. The summed E-state index contributed by atoms with van der Waals surface area (Å²) in [4.78, 5) is 0. The lowest BCUT2D eigenvalue weighted by molar-refractivity contribution is -0.378. The fourth-order valence-corrected chi connectivity index (χ4v) is 2.72. The Hall–Kier alpha value is -1.53. The largest absolute Gasteiger partial charge is 0.454 e. The van der Waals surface area contributed by atoms with E-state index in [4.69, 9.17) is 0 Å². The zero-order valence-corrected chi connectivity index (χ0v) is 16.6. The van der Waals surface area contributed by atoms with Crippen LogP contribution in [0, 0.1) is 0 Å². The summed E-state index contributed by atoms with van der Waals surface area (Å²) in [6.07, 6.45) is -9.79. The number of ether oxygens (including phenoxy) is 2. The molecule has 0 bridgehead atoms. The van der Waals surface area contributed by atoms with Crippen LogP contribution in [0.1, 0.15) is 53.9 Å². The lowest BCUT2D eigenvalue weighted by Crippen LogP contribution is -2.64. The first-order valence-electron chi connectivity index (χ1n) is 8.58. The van der Waals surface area contributed by atoms with Gasteiger partial charge in [-0.25, -0.2) is 4.39 Å². The van der Waals surface area contributed by atoms with Crippen LogP contribution in [0.25, 0.3) is 0 Å². The number of hydrogen-bond donors (Lipinski definition) is 0. The van der Waals surface area contributed by atoms with E-state index in [2.05, 4.69) is 9.47 Å². The summed E-state index contributed by atoms with van der Waals surface area (Å²) in [6.45, 7) is 2.64. The third kappa shape index (κ3) is 4.86. The van der Waals surface area contributed by atoms with Gasteiger partial charge < -0.3 is 9.47 Å². The first-order valence-corrected chi connectivity index (χ1v) is 8.58. The average Bonchev–Trinajstić information content (AvgIpc) is 2.63. The molecule has 0 N–H and O–H groups in total. The van der Waals surface area contributed by atoms with E-state index in [0.29, 0.717) is 0 Å². The van der Waals surface area contributed by atoms with Crippen LogP contribution in [-0.4, -0.2) is 28.9 Å². The second-order valence-electron chi connectivity index (χ2n) is 6.66. The van der Waals surface area contributed by atoms with Gasteiger partial charge in [0.2, 0.25) is 5.83 Å². The molecule has 0 saturated carbocycles. The summed E-state index contributed by atoms with van der Waals surface area (Å²) in [5.41, 5.74) is -6.94. The van der Waals surface area contributed by atoms with Crippen molar-refractivity contribution >= 4 is 0 Å². The van der Waals surface area contributed by atoms with Crippen molar-refractivity contribution in [3.8, 4) is 0 Å². The summed E-state index contributed by atoms with van der Waals surface area (Å²) < 4.78 is 157. The van der Waals surface area contributed by atoms with Gasteiger partial charge in [0.25, 0.3) is 5.85 Å². The lowest BCUT2D eigenvalue weighted by atomic mass is 9.84. The minimum Gasteiger partial charge on any atom is -0.454 e. The number of halogens is 11. The van der Waals surface area contributed by atoms with Gasteiger partial charge in [-0.1, -0.05) is 20.8 Å². The summed E-state index contributed by atoms with van der Waals surface area (Å²) >= 11 is 0. The van der Waals surface area contributed by atoms with E-state index in [0.717, 1.165) is 20.8 Å². The van der Waals surface area contributed by atoms with Gasteiger partial charge in [0.1, 0.15) is 5.60 Å². The van der Waals surface area contributed by atoms with E-state index in [-0.39, 0.29) is 13.8 Å². The number of alkyl halides is 5. The Kier molecular flexibility index (Phi) is 8.83. The highest BCUT2D eigenvalue weighted by Crippen LogP contribution is 2.53. The Morgan fingerprint density at radius 2 is 1.13 bits per heavy atom. The van der Waals surface area contributed by atoms with Gasteiger partial charge in [-0.3, -0.25) is 0 Å². The molecule has 0 rings (SSSR count). The van der Waals surface area contributed by atoms with Gasteiger partial charge in [0.05, 0.1) is 0 Å². The highest BCUT2D eigenvalue weighted by molar-refractivity contribution is 5.14. The Bertz CT molecular complexity index is 661. The van der Waals surface area contributed by atoms with Gasteiger partial charge in [-0.2, -0.15) is 43.9 Å². The predicted octanol–water partition coefficient (Wildman–Crippen LogP) is 7.82. The number of hydrogen-bond acceptors (Lipinski definition) is 2. The molecule has 2 atom stereocenters. The molecule has 13 heteroatoms. The molecule has 178 valence electrons. The Morgan fingerprint density at radius 1 is 0.700 bits per heavy atom. The molecule has 0 aromatic carbocycles. The molecule has 2 nitrogen and oxygen atoms in total. The Balaban J connectivity index is 6.48. The van der Waals surface area contributed by atoms with E-state index in [1.165, 1.54) is 0 Å². The van der Waals surface area contributed by atoms with Crippen molar-refractivity contribution in [2.75, 3.05) is 0 Å². The van der Waals surface area contributed by atoms with Crippen molar-refractivity contribution in [2.24, 2.45) is 0 Å². The van der Waals surface area contributed by atoms with Crippen molar-refractivity contribution in [1.29, 1.82) is 0 Å². The van der Waals surface area contributed by atoms with Crippen molar-refractivity contribution in [3.63, 3.8) is 0 Å². The van der Waals surface area contributed by atoms with E-state index < -0.39 is 72.2 Å². The molecule has 0 aliphatic carbocycles. The second kappa shape index (κ2) is 9.31. The molecule has 0 amide bonds. The van der Waals surface area contributed by atoms with Crippen LogP contribution in [-0.2, 0) is 9.47 Å². The maximum Gasteiger partial charge on any atom is 0.343 e. The van der Waals surface area contributed by atoms with Gasteiger partial charge in [-0.15, -0.1) is 0 Å².